The molecule has 2 aromatic carbocycles. The van der Waals surface area contributed by atoms with Crippen molar-refractivity contribution in [2.24, 2.45) is 0 Å². The van der Waals surface area contributed by atoms with Gasteiger partial charge in [-0.1, -0.05) is 42.5 Å². The van der Waals surface area contributed by atoms with Crippen molar-refractivity contribution < 1.29 is 14.3 Å². The minimum atomic E-state index is -0.203. The maximum absolute atomic E-state index is 13.1. The number of carbonyl (C=O) groups is 1. The molecule has 1 spiro atoms. The molecule has 5 rings (SSSR count). The Hall–Kier alpha value is -2.17. The van der Waals surface area contributed by atoms with E-state index < -0.39 is 0 Å². The third-order valence-electron chi connectivity index (χ3n) is 7.21. The first-order valence-electron chi connectivity index (χ1n) is 11.9. The zero-order chi connectivity index (χ0) is 21.3. The van der Waals surface area contributed by atoms with E-state index in [1.807, 2.05) is 23.1 Å². The lowest BCUT2D eigenvalue weighted by molar-refractivity contribution is -0.190. The van der Waals surface area contributed by atoms with Gasteiger partial charge in [-0.05, 0) is 61.8 Å². The van der Waals surface area contributed by atoms with Crippen molar-refractivity contribution in [2.75, 3.05) is 19.7 Å². The lowest BCUT2D eigenvalue weighted by atomic mass is 9.80. The Labute approximate surface area is 185 Å². The van der Waals surface area contributed by atoms with Crippen LogP contribution in [-0.4, -0.2) is 42.2 Å². The molecule has 1 saturated carbocycles. The molecule has 2 aromatic rings. The summed E-state index contributed by atoms with van der Waals surface area (Å²) in [5.74, 6) is 0.868. The third-order valence-corrected chi connectivity index (χ3v) is 7.21. The SMILES string of the molecule is CCO[C@H]1C[C@@H](c2ccccc2)OC2(CCN(C(=O)c3ccc(C4CC4)cc3)CC2)C1. The quantitative estimate of drug-likeness (QED) is 0.643. The van der Waals surface area contributed by atoms with Crippen LogP contribution in [0.3, 0.4) is 0 Å². The Kier molecular flexibility index (Phi) is 5.85. The number of carbonyl (C=O) groups excluding carboxylic acids is 1. The number of rotatable bonds is 5. The molecule has 164 valence electrons. The number of benzene rings is 2. The van der Waals surface area contributed by atoms with E-state index >= 15 is 0 Å². The van der Waals surface area contributed by atoms with Crippen molar-refractivity contribution in [1.82, 2.24) is 4.90 Å². The molecular formula is C27H33NO3. The summed E-state index contributed by atoms with van der Waals surface area (Å²) in [6.07, 6.45) is 6.39. The molecule has 3 fully saturated rings. The molecule has 0 unspecified atom stereocenters. The van der Waals surface area contributed by atoms with Crippen LogP contribution in [0.25, 0.3) is 0 Å². The van der Waals surface area contributed by atoms with Gasteiger partial charge in [0.05, 0.1) is 17.8 Å². The van der Waals surface area contributed by atoms with E-state index in [9.17, 15) is 4.79 Å². The van der Waals surface area contributed by atoms with Gasteiger partial charge in [0.1, 0.15) is 0 Å². The van der Waals surface area contributed by atoms with E-state index in [1.54, 1.807) is 0 Å². The predicted molar refractivity (Wildman–Crippen MR) is 121 cm³/mol. The smallest absolute Gasteiger partial charge is 0.253 e. The van der Waals surface area contributed by atoms with Gasteiger partial charge in [0.25, 0.3) is 5.91 Å². The van der Waals surface area contributed by atoms with Crippen LogP contribution in [0.2, 0.25) is 0 Å². The first-order chi connectivity index (χ1) is 15.2. The van der Waals surface area contributed by atoms with E-state index in [-0.39, 0.29) is 23.7 Å². The molecule has 0 radical (unpaired) electrons. The molecule has 2 atom stereocenters. The van der Waals surface area contributed by atoms with Crippen molar-refractivity contribution in [3.05, 3.63) is 71.3 Å². The number of amides is 1. The largest absolute Gasteiger partial charge is 0.378 e. The summed E-state index contributed by atoms with van der Waals surface area (Å²) < 4.78 is 12.8. The van der Waals surface area contributed by atoms with E-state index in [1.165, 1.54) is 24.0 Å². The summed E-state index contributed by atoms with van der Waals surface area (Å²) >= 11 is 0. The highest BCUT2D eigenvalue weighted by atomic mass is 16.5. The highest BCUT2D eigenvalue weighted by molar-refractivity contribution is 5.94. The molecule has 3 aliphatic rings. The number of ether oxygens (including phenoxy) is 2. The zero-order valence-electron chi connectivity index (χ0n) is 18.5. The van der Waals surface area contributed by atoms with Gasteiger partial charge in [0.2, 0.25) is 0 Å². The van der Waals surface area contributed by atoms with Crippen LogP contribution in [-0.2, 0) is 9.47 Å². The van der Waals surface area contributed by atoms with Crippen molar-refractivity contribution in [3.63, 3.8) is 0 Å². The molecule has 2 saturated heterocycles. The van der Waals surface area contributed by atoms with Crippen LogP contribution in [0, 0.1) is 0 Å². The second kappa shape index (κ2) is 8.76. The van der Waals surface area contributed by atoms with Crippen LogP contribution >= 0.6 is 0 Å². The minimum Gasteiger partial charge on any atom is -0.378 e. The molecule has 0 N–H and O–H groups in total. The van der Waals surface area contributed by atoms with Gasteiger partial charge in [-0.2, -0.15) is 0 Å². The summed E-state index contributed by atoms with van der Waals surface area (Å²) in [6.45, 7) is 4.27. The van der Waals surface area contributed by atoms with Gasteiger partial charge in [0.15, 0.2) is 0 Å². The molecule has 0 bridgehead atoms. The monoisotopic (exact) mass is 419 g/mol. The fourth-order valence-corrected chi connectivity index (χ4v) is 5.31. The zero-order valence-corrected chi connectivity index (χ0v) is 18.5. The van der Waals surface area contributed by atoms with Gasteiger partial charge in [-0.3, -0.25) is 4.79 Å². The Morgan fingerprint density at radius 2 is 1.74 bits per heavy atom. The van der Waals surface area contributed by atoms with Crippen LogP contribution in [0.1, 0.15) is 79.0 Å². The summed E-state index contributed by atoms with van der Waals surface area (Å²) in [5, 5.41) is 0. The Morgan fingerprint density at radius 1 is 1.03 bits per heavy atom. The summed E-state index contributed by atoms with van der Waals surface area (Å²) in [4.78, 5) is 15.1. The maximum atomic E-state index is 13.1. The number of piperidine rings is 1. The first kappa shape index (κ1) is 20.7. The van der Waals surface area contributed by atoms with Crippen molar-refractivity contribution in [2.45, 2.75) is 69.2 Å². The minimum absolute atomic E-state index is 0.0590. The highest BCUT2D eigenvalue weighted by Crippen LogP contribution is 2.44. The number of hydrogen-bond donors (Lipinski definition) is 0. The second-order valence-corrected chi connectivity index (χ2v) is 9.41. The Bertz CT molecular complexity index is 882. The summed E-state index contributed by atoms with van der Waals surface area (Å²) in [7, 11) is 0. The lowest BCUT2D eigenvalue weighted by Crippen LogP contribution is -2.52. The number of likely N-dealkylation sites (tertiary alicyclic amines) is 1. The molecule has 1 amide bonds. The van der Waals surface area contributed by atoms with Gasteiger partial charge in [-0.25, -0.2) is 0 Å². The fraction of sp³-hybridized carbons (Fsp3) is 0.519. The van der Waals surface area contributed by atoms with Crippen LogP contribution in [0.4, 0.5) is 0 Å². The standard InChI is InChI=1S/C27H33NO3/c1-2-30-24-18-25(22-6-4-3-5-7-22)31-27(19-24)14-16-28(17-15-27)26(29)23-12-10-21(11-13-23)20-8-9-20/h3-7,10-13,20,24-25H,2,8-9,14-19H2,1H3/t24-,25-/m0/s1. The predicted octanol–water partition coefficient (Wildman–Crippen LogP) is 5.50. The van der Waals surface area contributed by atoms with Crippen LogP contribution in [0.5, 0.6) is 0 Å². The Morgan fingerprint density at radius 3 is 2.39 bits per heavy atom. The summed E-state index contributed by atoms with van der Waals surface area (Å²) in [6, 6.07) is 18.8. The fourth-order valence-electron chi connectivity index (χ4n) is 5.31. The normalized spacial score (nSPS) is 25.5. The molecular weight excluding hydrogens is 386 g/mol. The van der Waals surface area contributed by atoms with E-state index in [0.717, 1.165) is 56.9 Å². The van der Waals surface area contributed by atoms with Gasteiger partial charge in [-0.15, -0.1) is 0 Å². The van der Waals surface area contributed by atoms with E-state index in [4.69, 9.17) is 9.47 Å². The lowest BCUT2D eigenvalue weighted by Gasteiger charge is -2.48. The maximum Gasteiger partial charge on any atom is 0.253 e. The average molecular weight is 420 g/mol. The molecule has 4 heteroatoms. The number of nitrogens with zero attached hydrogens (tertiary/aromatic N) is 1. The van der Waals surface area contributed by atoms with Crippen molar-refractivity contribution >= 4 is 5.91 Å². The molecule has 4 nitrogen and oxygen atoms in total. The molecule has 0 aromatic heterocycles. The van der Waals surface area contributed by atoms with Gasteiger partial charge < -0.3 is 14.4 Å². The van der Waals surface area contributed by atoms with Crippen molar-refractivity contribution in [3.8, 4) is 0 Å². The molecule has 2 heterocycles. The van der Waals surface area contributed by atoms with Gasteiger partial charge in [0, 0.05) is 38.1 Å². The Balaban J connectivity index is 1.26. The second-order valence-electron chi connectivity index (χ2n) is 9.41. The molecule has 1 aliphatic carbocycles. The van der Waals surface area contributed by atoms with Gasteiger partial charge >= 0.3 is 0 Å². The molecule has 2 aliphatic heterocycles. The topological polar surface area (TPSA) is 38.8 Å². The average Bonchev–Trinajstić information content (AvgIpc) is 3.65. The van der Waals surface area contributed by atoms with E-state index in [0.29, 0.717) is 0 Å². The highest BCUT2D eigenvalue weighted by Gasteiger charge is 2.45. The third kappa shape index (κ3) is 4.56. The van der Waals surface area contributed by atoms with Crippen molar-refractivity contribution in [1.29, 1.82) is 0 Å². The first-order valence-corrected chi connectivity index (χ1v) is 11.9. The van der Waals surface area contributed by atoms with Crippen LogP contribution in [0.15, 0.2) is 54.6 Å². The molecule has 31 heavy (non-hydrogen) atoms. The van der Waals surface area contributed by atoms with E-state index in [2.05, 4.69) is 43.3 Å². The van der Waals surface area contributed by atoms with Crippen LogP contribution < -0.4 is 0 Å². The number of hydrogen-bond acceptors (Lipinski definition) is 3. The summed E-state index contributed by atoms with van der Waals surface area (Å²) in [5.41, 5.74) is 3.20.